The minimum atomic E-state index is -5.03. The summed E-state index contributed by atoms with van der Waals surface area (Å²) in [5.41, 5.74) is 8.20. The van der Waals surface area contributed by atoms with E-state index in [4.69, 9.17) is 11.5 Å². The summed E-state index contributed by atoms with van der Waals surface area (Å²) in [7, 11) is -4.49. The summed E-state index contributed by atoms with van der Waals surface area (Å²) in [4.78, 5) is 13.9. The molecule has 0 aliphatic rings. The molecular formula is C16H13BrF3N3O3S. The molecule has 144 valence electrons. The maximum Gasteiger partial charge on any atom is 0.417 e. The van der Waals surface area contributed by atoms with Crippen molar-refractivity contribution in [1.82, 2.24) is 0 Å². The number of aryl methyl sites for hydroxylation is 1. The van der Waals surface area contributed by atoms with Gasteiger partial charge in [-0.05, 0) is 48.9 Å². The molecule has 4 N–H and O–H groups in total. The topological polar surface area (TPSA) is 116 Å². The lowest BCUT2D eigenvalue weighted by molar-refractivity contribution is -0.139. The van der Waals surface area contributed by atoms with E-state index < -0.39 is 43.9 Å². The Morgan fingerprint density at radius 2 is 1.67 bits per heavy atom. The highest BCUT2D eigenvalue weighted by atomic mass is 79.9. The fraction of sp³-hybridized carbons (Fsp3) is 0.125. The third-order valence-corrected chi connectivity index (χ3v) is 5.84. The van der Waals surface area contributed by atoms with Gasteiger partial charge in [0.1, 0.15) is 0 Å². The fourth-order valence-corrected chi connectivity index (χ4v) is 4.08. The molecule has 0 bridgehead atoms. The lowest BCUT2D eigenvalue weighted by atomic mass is 10.0. The number of amides is 1. The first-order valence-corrected chi connectivity index (χ1v) is 9.48. The maximum absolute atomic E-state index is 13.5. The van der Waals surface area contributed by atoms with E-state index in [1.807, 2.05) is 0 Å². The van der Waals surface area contributed by atoms with Crippen LogP contribution in [0.4, 0.5) is 13.2 Å². The first-order chi connectivity index (χ1) is 12.3. The average molecular weight is 464 g/mol. The Bertz CT molecular complexity index is 1030. The fourth-order valence-electron chi connectivity index (χ4n) is 2.27. The number of rotatable bonds is 3. The second-order valence-electron chi connectivity index (χ2n) is 5.46. The van der Waals surface area contributed by atoms with E-state index in [0.717, 1.165) is 6.07 Å². The molecule has 2 aromatic rings. The molecule has 0 aromatic heterocycles. The third-order valence-electron chi connectivity index (χ3n) is 3.51. The Kier molecular flexibility index (Phi) is 5.66. The summed E-state index contributed by atoms with van der Waals surface area (Å²) in [5, 5.41) is 0. The SMILES string of the molecule is Cc1cc(S(=O)(=O)c2ccc(Br)cc2)c(C(F)(F)F)cc1C(=O)N=C(N)N. The Morgan fingerprint density at radius 3 is 2.15 bits per heavy atom. The molecule has 0 aliphatic heterocycles. The number of alkyl halides is 3. The Balaban J connectivity index is 2.77. The lowest BCUT2D eigenvalue weighted by Gasteiger charge is -2.16. The van der Waals surface area contributed by atoms with Crippen molar-refractivity contribution >= 4 is 37.6 Å². The van der Waals surface area contributed by atoms with Crippen LogP contribution in [0.5, 0.6) is 0 Å². The minimum Gasteiger partial charge on any atom is -0.370 e. The van der Waals surface area contributed by atoms with Crippen molar-refractivity contribution in [1.29, 1.82) is 0 Å². The highest BCUT2D eigenvalue weighted by molar-refractivity contribution is 9.10. The highest BCUT2D eigenvalue weighted by Gasteiger charge is 2.39. The van der Waals surface area contributed by atoms with Gasteiger partial charge in [0.15, 0.2) is 5.96 Å². The van der Waals surface area contributed by atoms with Crippen LogP contribution in [-0.4, -0.2) is 20.3 Å². The van der Waals surface area contributed by atoms with Crippen LogP contribution in [-0.2, 0) is 16.0 Å². The molecule has 0 radical (unpaired) electrons. The van der Waals surface area contributed by atoms with Crippen LogP contribution in [0.1, 0.15) is 21.5 Å². The van der Waals surface area contributed by atoms with E-state index in [9.17, 15) is 26.4 Å². The first-order valence-electron chi connectivity index (χ1n) is 7.20. The predicted octanol–water partition coefficient (Wildman–Crippen LogP) is 3.02. The zero-order valence-corrected chi connectivity index (χ0v) is 16.1. The zero-order valence-electron chi connectivity index (χ0n) is 13.7. The van der Waals surface area contributed by atoms with Crippen LogP contribution in [0.3, 0.4) is 0 Å². The van der Waals surface area contributed by atoms with Gasteiger partial charge in [-0.3, -0.25) is 4.79 Å². The molecule has 0 atom stereocenters. The summed E-state index contributed by atoms with van der Waals surface area (Å²) in [6.07, 6.45) is -5.03. The second-order valence-corrected chi connectivity index (χ2v) is 8.29. The molecule has 0 heterocycles. The van der Waals surface area contributed by atoms with Gasteiger partial charge in [0, 0.05) is 10.0 Å². The number of carbonyl (C=O) groups excluding carboxylic acids is 1. The van der Waals surface area contributed by atoms with Crippen LogP contribution in [0.25, 0.3) is 0 Å². The van der Waals surface area contributed by atoms with Gasteiger partial charge < -0.3 is 11.5 Å². The predicted molar refractivity (Wildman–Crippen MR) is 95.9 cm³/mol. The van der Waals surface area contributed by atoms with Gasteiger partial charge in [0.25, 0.3) is 5.91 Å². The quantitative estimate of drug-likeness (QED) is 0.535. The van der Waals surface area contributed by atoms with Crippen molar-refractivity contribution in [2.75, 3.05) is 0 Å². The van der Waals surface area contributed by atoms with Gasteiger partial charge in [-0.2, -0.15) is 18.2 Å². The van der Waals surface area contributed by atoms with Crippen molar-refractivity contribution in [3.05, 3.63) is 57.6 Å². The molecule has 11 heteroatoms. The average Bonchev–Trinajstić information content (AvgIpc) is 2.53. The van der Waals surface area contributed by atoms with E-state index in [0.29, 0.717) is 10.5 Å². The first kappa shape index (κ1) is 20.9. The molecule has 0 spiro atoms. The normalized spacial score (nSPS) is 11.9. The third kappa shape index (κ3) is 4.48. The van der Waals surface area contributed by atoms with Crippen molar-refractivity contribution in [3.8, 4) is 0 Å². The smallest absolute Gasteiger partial charge is 0.370 e. The molecule has 0 aliphatic carbocycles. The van der Waals surface area contributed by atoms with E-state index in [2.05, 4.69) is 20.9 Å². The number of nitrogens with zero attached hydrogens (tertiary/aromatic N) is 1. The largest absolute Gasteiger partial charge is 0.417 e. The van der Waals surface area contributed by atoms with Crippen LogP contribution >= 0.6 is 15.9 Å². The van der Waals surface area contributed by atoms with E-state index in [1.165, 1.54) is 31.2 Å². The summed E-state index contributed by atoms with van der Waals surface area (Å²) < 4.78 is 66.7. The number of carbonyl (C=O) groups is 1. The summed E-state index contributed by atoms with van der Waals surface area (Å²) >= 11 is 3.13. The molecule has 2 rings (SSSR count). The van der Waals surface area contributed by atoms with Crippen molar-refractivity contribution in [3.63, 3.8) is 0 Å². The summed E-state index contributed by atoms with van der Waals surface area (Å²) in [6.45, 7) is 1.29. The Hall–Kier alpha value is -2.40. The molecule has 0 saturated carbocycles. The van der Waals surface area contributed by atoms with E-state index >= 15 is 0 Å². The molecular weight excluding hydrogens is 451 g/mol. The number of sulfone groups is 1. The van der Waals surface area contributed by atoms with Crippen LogP contribution < -0.4 is 11.5 Å². The molecule has 27 heavy (non-hydrogen) atoms. The lowest BCUT2D eigenvalue weighted by Crippen LogP contribution is -2.24. The molecule has 6 nitrogen and oxygen atoms in total. The number of halogens is 4. The number of benzene rings is 2. The zero-order chi connectivity index (χ0) is 20.6. The Labute approximate surface area is 161 Å². The molecule has 0 saturated heterocycles. The summed E-state index contributed by atoms with van der Waals surface area (Å²) in [6, 6.07) is 6.36. The number of nitrogens with two attached hydrogens (primary N) is 2. The van der Waals surface area contributed by atoms with Crippen LogP contribution in [0.2, 0.25) is 0 Å². The van der Waals surface area contributed by atoms with Gasteiger partial charge in [0.2, 0.25) is 9.84 Å². The standard InChI is InChI=1S/C16H13BrF3N3O3S/c1-8-6-13(27(25,26)10-4-2-9(17)3-5-10)12(16(18,19)20)7-11(8)14(24)23-15(21)22/h2-7H,1H3,(H4,21,22,23,24). The molecule has 0 fully saturated rings. The second kappa shape index (κ2) is 7.31. The van der Waals surface area contributed by atoms with E-state index in [1.54, 1.807) is 0 Å². The number of aliphatic imine (C=N–C) groups is 1. The van der Waals surface area contributed by atoms with Crippen LogP contribution in [0.15, 0.2) is 55.7 Å². The van der Waals surface area contributed by atoms with Crippen molar-refractivity contribution in [2.24, 2.45) is 16.5 Å². The number of hydrogen-bond donors (Lipinski definition) is 2. The van der Waals surface area contributed by atoms with Crippen LogP contribution in [0, 0.1) is 6.92 Å². The van der Waals surface area contributed by atoms with Gasteiger partial charge >= 0.3 is 6.18 Å². The number of hydrogen-bond acceptors (Lipinski definition) is 3. The molecule has 0 unspecified atom stereocenters. The van der Waals surface area contributed by atoms with E-state index in [-0.39, 0.29) is 10.5 Å². The van der Waals surface area contributed by atoms with Gasteiger partial charge in [0.05, 0.1) is 15.4 Å². The van der Waals surface area contributed by atoms with Crippen molar-refractivity contribution in [2.45, 2.75) is 22.9 Å². The highest BCUT2D eigenvalue weighted by Crippen LogP contribution is 2.38. The maximum atomic E-state index is 13.5. The van der Waals surface area contributed by atoms with Gasteiger partial charge in [-0.1, -0.05) is 15.9 Å². The van der Waals surface area contributed by atoms with Gasteiger partial charge in [-0.25, -0.2) is 8.42 Å². The minimum absolute atomic E-state index is 0.0197. The summed E-state index contributed by atoms with van der Waals surface area (Å²) in [5.74, 6) is -1.73. The van der Waals surface area contributed by atoms with Gasteiger partial charge in [-0.15, -0.1) is 0 Å². The van der Waals surface area contributed by atoms with Crippen molar-refractivity contribution < 1.29 is 26.4 Å². The monoisotopic (exact) mass is 463 g/mol. The number of guanidine groups is 1. The molecule has 1 amide bonds. The molecule has 2 aromatic carbocycles. The Morgan fingerprint density at radius 1 is 1.11 bits per heavy atom.